The maximum Gasteiger partial charge on any atom is 0.252 e. The van der Waals surface area contributed by atoms with Crippen molar-refractivity contribution in [1.82, 2.24) is 5.32 Å². The molecule has 1 amide bonds. The molecule has 0 aliphatic carbocycles. The van der Waals surface area contributed by atoms with Gasteiger partial charge in [0, 0.05) is 17.6 Å². The van der Waals surface area contributed by atoms with Crippen molar-refractivity contribution in [3.8, 4) is 17.2 Å². The first-order chi connectivity index (χ1) is 15.6. The minimum Gasteiger partial charge on any atom is -0.493 e. The van der Waals surface area contributed by atoms with Gasteiger partial charge in [0.15, 0.2) is 11.5 Å². The maximum atomic E-state index is 13.5. The Bertz CT molecular complexity index is 1140. The summed E-state index contributed by atoms with van der Waals surface area (Å²) in [6, 6.07) is 21.3. The lowest BCUT2D eigenvalue weighted by molar-refractivity contribution is -0.116. The van der Waals surface area contributed by atoms with E-state index in [1.807, 2.05) is 73.7 Å². The van der Waals surface area contributed by atoms with Crippen molar-refractivity contribution in [3.63, 3.8) is 0 Å². The molecule has 0 aromatic heterocycles. The van der Waals surface area contributed by atoms with Gasteiger partial charge >= 0.3 is 0 Å². The lowest BCUT2D eigenvalue weighted by Crippen LogP contribution is -2.32. The van der Waals surface area contributed by atoms with Crippen molar-refractivity contribution in [1.29, 1.82) is 0 Å². The van der Waals surface area contributed by atoms with Crippen LogP contribution in [0.2, 0.25) is 0 Å². The molecule has 4 rings (SSSR count). The Kier molecular flexibility index (Phi) is 6.45. The van der Waals surface area contributed by atoms with Gasteiger partial charge in [-0.1, -0.05) is 54.1 Å². The second-order valence-electron chi connectivity index (χ2n) is 7.74. The molecule has 0 bridgehead atoms. The van der Waals surface area contributed by atoms with Crippen molar-refractivity contribution in [2.75, 3.05) is 20.8 Å². The van der Waals surface area contributed by atoms with E-state index in [0.29, 0.717) is 23.7 Å². The van der Waals surface area contributed by atoms with Crippen molar-refractivity contribution < 1.29 is 19.0 Å². The number of benzene rings is 3. The summed E-state index contributed by atoms with van der Waals surface area (Å²) >= 11 is 0. The molecule has 0 fully saturated rings. The molecule has 0 radical (unpaired) electrons. The van der Waals surface area contributed by atoms with E-state index in [-0.39, 0.29) is 11.9 Å². The quantitative estimate of drug-likeness (QED) is 0.433. The van der Waals surface area contributed by atoms with Crippen LogP contribution in [0.15, 0.2) is 66.7 Å². The number of nitrogens with one attached hydrogen (secondary N) is 1. The van der Waals surface area contributed by atoms with Gasteiger partial charge < -0.3 is 19.5 Å². The first kappa shape index (κ1) is 21.5. The van der Waals surface area contributed by atoms with Gasteiger partial charge in [-0.05, 0) is 42.3 Å². The highest BCUT2D eigenvalue weighted by Crippen LogP contribution is 2.34. The van der Waals surface area contributed by atoms with Crippen molar-refractivity contribution in [2.24, 2.45) is 0 Å². The Balaban J connectivity index is 1.69. The van der Waals surface area contributed by atoms with E-state index >= 15 is 0 Å². The van der Waals surface area contributed by atoms with E-state index in [2.05, 4.69) is 11.4 Å². The predicted molar refractivity (Wildman–Crippen MR) is 126 cm³/mol. The summed E-state index contributed by atoms with van der Waals surface area (Å²) in [4.78, 5) is 13.5. The third-order valence-corrected chi connectivity index (χ3v) is 5.56. The third-order valence-electron chi connectivity index (χ3n) is 5.56. The van der Waals surface area contributed by atoms with Gasteiger partial charge in [0.25, 0.3) is 5.91 Å². The van der Waals surface area contributed by atoms with E-state index in [0.717, 1.165) is 34.4 Å². The molecule has 1 unspecified atom stereocenters. The van der Waals surface area contributed by atoms with Crippen LogP contribution in [0.1, 0.15) is 34.7 Å². The van der Waals surface area contributed by atoms with Gasteiger partial charge in [-0.2, -0.15) is 0 Å². The molecule has 1 aliphatic heterocycles. The minimum atomic E-state index is -0.134. The first-order valence-corrected chi connectivity index (χ1v) is 10.6. The van der Waals surface area contributed by atoms with Crippen LogP contribution in [0, 0.1) is 6.92 Å². The van der Waals surface area contributed by atoms with Gasteiger partial charge in [0.1, 0.15) is 5.75 Å². The van der Waals surface area contributed by atoms with Crippen LogP contribution in [0.25, 0.3) is 11.6 Å². The molecular formula is C27H27NO4. The summed E-state index contributed by atoms with van der Waals surface area (Å²) < 4.78 is 16.5. The number of amides is 1. The van der Waals surface area contributed by atoms with Gasteiger partial charge in [-0.25, -0.2) is 0 Å². The Labute approximate surface area is 188 Å². The van der Waals surface area contributed by atoms with Gasteiger partial charge in [0.05, 0.1) is 26.9 Å². The fourth-order valence-corrected chi connectivity index (χ4v) is 3.91. The minimum absolute atomic E-state index is 0.108. The SMILES string of the molecule is COc1ccc(/C=C(/C(=O)NC2CCOc3ccc(C)cc32)c2ccccc2)cc1OC. The summed E-state index contributed by atoms with van der Waals surface area (Å²) in [6.45, 7) is 2.61. The van der Waals surface area contributed by atoms with Crippen molar-refractivity contribution in [2.45, 2.75) is 19.4 Å². The van der Waals surface area contributed by atoms with E-state index in [1.165, 1.54) is 0 Å². The second-order valence-corrected chi connectivity index (χ2v) is 7.74. The summed E-state index contributed by atoms with van der Waals surface area (Å²) in [5, 5.41) is 3.23. The lowest BCUT2D eigenvalue weighted by Gasteiger charge is -2.27. The third kappa shape index (κ3) is 4.62. The van der Waals surface area contributed by atoms with Gasteiger partial charge in [-0.3, -0.25) is 4.79 Å². The number of aryl methyl sites for hydroxylation is 1. The molecule has 3 aromatic rings. The van der Waals surface area contributed by atoms with Crippen LogP contribution in [-0.2, 0) is 4.79 Å². The molecular weight excluding hydrogens is 402 g/mol. The fraction of sp³-hybridized carbons (Fsp3) is 0.222. The zero-order valence-corrected chi connectivity index (χ0v) is 18.6. The van der Waals surface area contributed by atoms with Crippen LogP contribution in [0.5, 0.6) is 17.2 Å². The number of carbonyl (C=O) groups is 1. The predicted octanol–water partition coefficient (Wildman–Crippen LogP) is 5.19. The van der Waals surface area contributed by atoms with E-state index < -0.39 is 0 Å². The molecule has 32 heavy (non-hydrogen) atoms. The van der Waals surface area contributed by atoms with E-state index in [9.17, 15) is 4.79 Å². The molecule has 0 spiro atoms. The van der Waals surface area contributed by atoms with Crippen LogP contribution in [-0.4, -0.2) is 26.7 Å². The topological polar surface area (TPSA) is 56.8 Å². The Morgan fingerprint density at radius 3 is 2.53 bits per heavy atom. The Hall–Kier alpha value is -3.73. The highest BCUT2D eigenvalue weighted by molar-refractivity contribution is 6.24. The number of rotatable bonds is 6. The second kappa shape index (κ2) is 9.60. The molecule has 5 nitrogen and oxygen atoms in total. The number of hydrogen-bond donors (Lipinski definition) is 1. The van der Waals surface area contributed by atoms with Gasteiger partial charge in [0.2, 0.25) is 0 Å². The number of carbonyl (C=O) groups excluding carboxylic acids is 1. The molecule has 0 saturated heterocycles. The number of fused-ring (bicyclic) bond motifs is 1. The summed E-state index contributed by atoms with van der Waals surface area (Å²) in [7, 11) is 3.20. The molecule has 1 atom stereocenters. The standard InChI is InChI=1S/C27H27NO4/c1-18-9-11-24-22(15-18)23(13-14-32-24)28-27(29)21(20-7-5-4-6-8-20)16-19-10-12-25(30-2)26(17-19)31-3/h4-12,15-17,23H,13-14H2,1-3H3,(H,28,29)/b21-16+. The molecule has 1 aliphatic rings. The average Bonchev–Trinajstić information content (AvgIpc) is 2.83. The molecule has 1 heterocycles. The zero-order valence-electron chi connectivity index (χ0n) is 18.6. The molecule has 5 heteroatoms. The van der Waals surface area contributed by atoms with Crippen molar-refractivity contribution >= 4 is 17.6 Å². The average molecular weight is 430 g/mol. The highest BCUT2D eigenvalue weighted by Gasteiger charge is 2.25. The molecule has 164 valence electrons. The smallest absolute Gasteiger partial charge is 0.252 e. The number of hydrogen-bond acceptors (Lipinski definition) is 4. The van der Waals surface area contributed by atoms with Crippen LogP contribution in [0.3, 0.4) is 0 Å². The highest BCUT2D eigenvalue weighted by atomic mass is 16.5. The van der Waals surface area contributed by atoms with E-state index in [4.69, 9.17) is 14.2 Å². The van der Waals surface area contributed by atoms with E-state index in [1.54, 1.807) is 14.2 Å². The van der Waals surface area contributed by atoms with Gasteiger partial charge in [-0.15, -0.1) is 0 Å². The largest absolute Gasteiger partial charge is 0.493 e. The lowest BCUT2D eigenvalue weighted by atomic mass is 9.96. The molecule has 0 saturated carbocycles. The van der Waals surface area contributed by atoms with Crippen molar-refractivity contribution in [3.05, 3.63) is 89.0 Å². The maximum absolute atomic E-state index is 13.5. The molecule has 1 N–H and O–H groups in total. The number of methoxy groups -OCH3 is 2. The Morgan fingerprint density at radius 1 is 1.00 bits per heavy atom. The number of ether oxygens (including phenoxy) is 3. The Morgan fingerprint density at radius 2 is 1.78 bits per heavy atom. The van der Waals surface area contributed by atoms with Crippen LogP contribution >= 0.6 is 0 Å². The molecule has 3 aromatic carbocycles. The zero-order chi connectivity index (χ0) is 22.5. The van der Waals surface area contributed by atoms with Crippen LogP contribution in [0.4, 0.5) is 0 Å². The fourth-order valence-electron chi connectivity index (χ4n) is 3.91. The monoisotopic (exact) mass is 429 g/mol. The summed E-state index contributed by atoms with van der Waals surface area (Å²) in [6.07, 6.45) is 2.60. The van der Waals surface area contributed by atoms with Crippen LogP contribution < -0.4 is 19.5 Å². The first-order valence-electron chi connectivity index (χ1n) is 10.6. The summed E-state index contributed by atoms with van der Waals surface area (Å²) in [5.41, 5.74) is 4.43. The summed E-state index contributed by atoms with van der Waals surface area (Å²) in [5.74, 6) is 1.95. The normalized spacial score (nSPS) is 15.3.